The van der Waals surface area contributed by atoms with E-state index in [1.54, 1.807) is 18.1 Å². The van der Waals surface area contributed by atoms with E-state index < -0.39 is 19.1 Å². The van der Waals surface area contributed by atoms with Gasteiger partial charge in [0.2, 0.25) is 6.04 Å². The molecule has 2 fully saturated rings. The summed E-state index contributed by atoms with van der Waals surface area (Å²) in [6.45, 7) is 0.327. The van der Waals surface area contributed by atoms with Crippen molar-refractivity contribution < 1.29 is 38.4 Å². The second-order valence-electron chi connectivity index (χ2n) is 4.07. The minimum absolute atomic E-state index is 0. The van der Waals surface area contributed by atoms with E-state index in [0.717, 1.165) is 0 Å². The second kappa shape index (κ2) is 4.96. The molecule has 2 atom stereocenters. The summed E-state index contributed by atoms with van der Waals surface area (Å²) in [4.78, 5) is 22.6. The molecule has 2 heterocycles. The number of carbonyl (C=O) groups excluding carboxylic acids is 2. The van der Waals surface area contributed by atoms with Crippen LogP contribution >= 0.6 is 0 Å². The third-order valence-electron chi connectivity index (χ3n) is 2.99. The van der Waals surface area contributed by atoms with Gasteiger partial charge in [0.15, 0.2) is 0 Å². The number of ketones is 1. The number of hydrogen-bond donors (Lipinski definition) is 0. The van der Waals surface area contributed by atoms with Gasteiger partial charge in [0, 0.05) is 31.8 Å². The Hall–Kier alpha value is -1.23. The van der Waals surface area contributed by atoms with Crippen LogP contribution in [0.4, 0.5) is 0 Å². The van der Waals surface area contributed by atoms with Crippen LogP contribution in [0.2, 0.25) is 0 Å². The quantitative estimate of drug-likeness (QED) is 0.271. The number of likely N-dealkylation sites (N-methyl/N-ethyl adjacent to an activating group) is 1. The van der Waals surface area contributed by atoms with Gasteiger partial charge in [-0.05, 0) is 0 Å². The Kier molecular flexibility index (Phi) is 4.03. The summed E-state index contributed by atoms with van der Waals surface area (Å²) in [5.41, 5.74) is 0. The number of allylic oxidation sites excluding steroid dienone is 3. The number of rotatable bonds is 2. The fraction of sp³-hybridized carbons (Fsp3) is 0.300. The normalized spacial score (nSPS) is 30.8. The van der Waals surface area contributed by atoms with Gasteiger partial charge < -0.3 is 9.05 Å². The van der Waals surface area contributed by atoms with Crippen molar-refractivity contribution >= 4 is 18.8 Å². The first-order valence-corrected chi connectivity index (χ1v) is 4.90. The minimum Gasteiger partial charge on any atom is -0.473 e. The van der Waals surface area contributed by atoms with Gasteiger partial charge in [-0.1, -0.05) is 12.2 Å². The molecule has 0 bridgehead atoms. The fourth-order valence-corrected chi connectivity index (χ4v) is 2.14. The Morgan fingerprint density at radius 2 is 2.24 bits per heavy atom. The molecule has 0 aromatic heterocycles. The van der Waals surface area contributed by atoms with Crippen LogP contribution in [0.1, 0.15) is 0 Å². The van der Waals surface area contributed by atoms with Crippen LogP contribution in [0.25, 0.3) is 0 Å². The largest absolute Gasteiger partial charge is 0.673 e. The maximum atomic E-state index is 11.4. The predicted molar refractivity (Wildman–Crippen MR) is 55.6 cm³/mol. The Labute approximate surface area is 112 Å². The van der Waals surface area contributed by atoms with Crippen LogP contribution in [0.3, 0.4) is 0 Å². The standard InChI is InChI=1S/C10H10BN2O3.Os/c1-13-7-8(14)9(13)10(15)16-11(13)5-3-2-4-6-12;/h2-5,9H,7H2,1H3;/q+1;/b4-2+,5-3+;. The van der Waals surface area contributed by atoms with Crippen LogP contribution in [-0.4, -0.2) is 42.8 Å². The maximum Gasteiger partial charge on any atom is 0.673 e. The number of Topliss-reactive ketones (excluding diaryl/α,β-unsaturated/α-hetero) is 1. The van der Waals surface area contributed by atoms with Gasteiger partial charge in [-0.25, -0.2) is 4.79 Å². The van der Waals surface area contributed by atoms with E-state index >= 15 is 0 Å². The SMILES string of the molecule is C[N+]12CC(=O)C1C(=O)OB2/C=C/C=C/C#N.[Os]. The molecule has 2 unspecified atom stereocenters. The number of nitrogens with zero attached hydrogens (tertiary/aromatic N) is 2. The summed E-state index contributed by atoms with van der Waals surface area (Å²) < 4.78 is 5.41. The van der Waals surface area contributed by atoms with Crippen LogP contribution in [0.15, 0.2) is 24.2 Å². The molecular weight excluding hydrogens is 397 g/mol. The number of nitriles is 1. The summed E-state index contributed by atoms with van der Waals surface area (Å²) in [5.74, 6) is 1.19. The molecule has 2 aliphatic heterocycles. The van der Waals surface area contributed by atoms with Crippen molar-refractivity contribution in [2.24, 2.45) is 0 Å². The van der Waals surface area contributed by atoms with Gasteiger partial charge >= 0.3 is 13.0 Å². The Morgan fingerprint density at radius 1 is 1.53 bits per heavy atom. The Balaban J connectivity index is 0.00000144. The zero-order valence-corrected chi connectivity index (χ0v) is 11.7. The molecule has 0 spiro atoms. The van der Waals surface area contributed by atoms with Crippen LogP contribution < -0.4 is 0 Å². The fourth-order valence-electron chi connectivity index (χ4n) is 2.14. The Bertz CT molecular complexity index is 457. The van der Waals surface area contributed by atoms with Gasteiger partial charge in [-0.3, -0.25) is 4.79 Å². The molecule has 0 aromatic rings. The summed E-state index contributed by atoms with van der Waals surface area (Å²) in [6.07, 6.45) is 4.54. The molecule has 0 N–H and O–H groups in total. The molecule has 2 rings (SSSR count). The van der Waals surface area contributed by atoms with E-state index in [2.05, 4.69) is 0 Å². The predicted octanol–water partition coefficient (Wildman–Crippen LogP) is -0.398. The molecule has 5 nitrogen and oxygen atoms in total. The monoisotopic (exact) mass is 409 g/mol. The first-order valence-electron chi connectivity index (χ1n) is 4.90. The topological polar surface area (TPSA) is 67.2 Å². The molecule has 2 aliphatic rings. The van der Waals surface area contributed by atoms with Crippen LogP contribution in [0, 0.1) is 11.3 Å². The van der Waals surface area contributed by atoms with Crippen molar-refractivity contribution in [3.05, 3.63) is 24.2 Å². The number of quaternary nitrogens is 1. The summed E-state index contributed by atoms with van der Waals surface area (Å²) in [7, 11) is 1.40. The van der Waals surface area contributed by atoms with Gasteiger partial charge in [-0.15, -0.1) is 0 Å². The number of fused-ring (bicyclic) bond motifs is 1. The van der Waals surface area contributed by atoms with E-state index in [9.17, 15) is 9.59 Å². The molecule has 17 heavy (non-hydrogen) atoms. The summed E-state index contributed by atoms with van der Waals surface area (Å²) in [5, 5.41) is 8.29. The van der Waals surface area contributed by atoms with E-state index in [-0.39, 0.29) is 25.6 Å². The van der Waals surface area contributed by atoms with E-state index in [1.807, 2.05) is 13.1 Å². The molecule has 0 radical (unpaired) electrons. The van der Waals surface area contributed by atoms with Crippen LogP contribution in [0.5, 0.6) is 0 Å². The molecule has 0 aliphatic carbocycles. The third-order valence-corrected chi connectivity index (χ3v) is 2.99. The first kappa shape index (κ1) is 13.8. The van der Waals surface area contributed by atoms with Gasteiger partial charge in [0.25, 0.3) is 5.78 Å². The first-order chi connectivity index (χ1) is 7.59. The zero-order valence-electron chi connectivity index (χ0n) is 9.14. The number of carbonyl (C=O) groups is 2. The van der Waals surface area contributed by atoms with Gasteiger partial charge in [0.05, 0.1) is 13.1 Å². The molecule has 88 valence electrons. The van der Waals surface area contributed by atoms with Gasteiger partial charge in [-0.2, -0.15) is 5.26 Å². The van der Waals surface area contributed by atoms with E-state index in [0.29, 0.717) is 10.9 Å². The van der Waals surface area contributed by atoms with Crippen molar-refractivity contribution in [3.63, 3.8) is 0 Å². The molecule has 7 heteroatoms. The van der Waals surface area contributed by atoms with Crippen molar-refractivity contribution in [3.8, 4) is 6.07 Å². The molecule has 0 saturated carbocycles. The molecule has 2 saturated heterocycles. The number of hydrogen-bond acceptors (Lipinski definition) is 4. The summed E-state index contributed by atoms with van der Waals surface area (Å²) >= 11 is 0. The molecule has 0 aromatic carbocycles. The summed E-state index contributed by atoms with van der Waals surface area (Å²) in [6, 6.07) is 1.21. The zero-order chi connectivity index (χ0) is 11.8. The average molecular weight is 407 g/mol. The Morgan fingerprint density at radius 3 is 2.76 bits per heavy atom. The van der Waals surface area contributed by atoms with Crippen molar-refractivity contribution in [2.75, 3.05) is 13.6 Å². The van der Waals surface area contributed by atoms with Crippen molar-refractivity contribution in [1.29, 1.82) is 5.26 Å². The van der Waals surface area contributed by atoms with Crippen LogP contribution in [-0.2, 0) is 34.0 Å². The smallest absolute Gasteiger partial charge is 0.473 e. The van der Waals surface area contributed by atoms with E-state index in [4.69, 9.17) is 9.92 Å². The van der Waals surface area contributed by atoms with Crippen molar-refractivity contribution in [1.82, 2.24) is 0 Å². The second-order valence-corrected chi connectivity index (χ2v) is 4.07. The van der Waals surface area contributed by atoms with Crippen molar-refractivity contribution in [2.45, 2.75) is 6.04 Å². The molecular formula is C10H10BN2O3Os+. The van der Waals surface area contributed by atoms with Gasteiger partial charge in [0.1, 0.15) is 6.54 Å². The maximum absolute atomic E-state index is 11.4. The third kappa shape index (κ3) is 2.11. The van der Waals surface area contributed by atoms with E-state index in [1.165, 1.54) is 6.08 Å². The minimum atomic E-state index is -0.644. The molecule has 0 amide bonds. The average Bonchev–Trinajstić information content (AvgIpc) is 2.40.